The summed E-state index contributed by atoms with van der Waals surface area (Å²) in [6.07, 6.45) is -0.690. The lowest BCUT2D eigenvalue weighted by molar-refractivity contribution is -0.136. The average molecular weight is 557 g/mol. The third-order valence-corrected chi connectivity index (χ3v) is 8.42. The third kappa shape index (κ3) is 8.09. The molecule has 0 radical (unpaired) electrons. The van der Waals surface area contributed by atoms with Gasteiger partial charge in [-0.1, -0.05) is 120 Å². The summed E-state index contributed by atoms with van der Waals surface area (Å²) in [5.74, 6) is -2.90. The number of aliphatic hydroxyl groups excluding tert-OH is 1. The first kappa shape index (κ1) is 28.7. The molecule has 0 aromatic heterocycles. The monoisotopic (exact) mass is 556 g/mol. The van der Waals surface area contributed by atoms with E-state index in [0.717, 1.165) is 22.3 Å². The maximum Gasteiger partial charge on any atom is 0.407 e. The van der Waals surface area contributed by atoms with Crippen molar-refractivity contribution in [3.05, 3.63) is 132 Å². The SMILES string of the molecule is O=C(NC(Cc1ccccc1)C(O)[P+](=O)C(Cc1ccc(-c2ccccc2)cc1)C(=O)O)OCc1ccccc1. The highest BCUT2D eigenvalue weighted by molar-refractivity contribution is 7.47. The predicted octanol–water partition coefficient (Wildman–Crippen LogP) is 6.03. The molecule has 0 heterocycles. The molecular formula is C32H31NO6P+. The maximum absolute atomic E-state index is 13.5. The molecular weight excluding hydrogens is 525 g/mol. The van der Waals surface area contributed by atoms with E-state index >= 15 is 0 Å². The molecule has 4 aromatic carbocycles. The largest absolute Gasteiger partial charge is 0.478 e. The number of benzene rings is 4. The van der Waals surface area contributed by atoms with E-state index in [4.69, 9.17) is 4.74 Å². The van der Waals surface area contributed by atoms with Crippen molar-refractivity contribution in [2.45, 2.75) is 37.0 Å². The molecule has 3 N–H and O–H groups in total. The van der Waals surface area contributed by atoms with E-state index in [1.165, 1.54) is 0 Å². The van der Waals surface area contributed by atoms with Crippen LogP contribution >= 0.6 is 7.80 Å². The summed E-state index contributed by atoms with van der Waals surface area (Å²) >= 11 is 0. The Balaban J connectivity index is 1.47. The van der Waals surface area contributed by atoms with E-state index in [2.05, 4.69) is 5.32 Å². The Morgan fingerprint density at radius 2 is 1.20 bits per heavy atom. The molecule has 0 bridgehead atoms. The van der Waals surface area contributed by atoms with Crippen LogP contribution in [0.25, 0.3) is 11.1 Å². The van der Waals surface area contributed by atoms with Gasteiger partial charge >= 0.3 is 19.9 Å². The van der Waals surface area contributed by atoms with Crippen LogP contribution in [-0.4, -0.2) is 39.8 Å². The molecule has 4 unspecified atom stereocenters. The molecule has 4 aromatic rings. The molecule has 4 atom stereocenters. The summed E-state index contributed by atoms with van der Waals surface area (Å²) in [5, 5.41) is 23.7. The standard InChI is InChI=1S/C32H30NO6P/c34-30(35)29(21-24-16-18-27(19-17-24)26-14-8-3-9-15-26)40(38)31(36)28(20-23-10-4-1-5-11-23)33-32(37)39-22-25-12-6-2-7-13-25/h1-19,28-29,31,36H,20-22H2,(H-,33,34,35,37)/p+1. The molecule has 0 aliphatic rings. The molecule has 7 nitrogen and oxygen atoms in total. The molecule has 0 saturated heterocycles. The topological polar surface area (TPSA) is 113 Å². The smallest absolute Gasteiger partial charge is 0.407 e. The molecule has 40 heavy (non-hydrogen) atoms. The maximum atomic E-state index is 13.5. The number of amides is 1. The Kier molecular flexibility index (Phi) is 10.2. The first-order chi connectivity index (χ1) is 19.4. The summed E-state index contributed by atoms with van der Waals surface area (Å²) < 4.78 is 18.8. The number of nitrogens with one attached hydrogen (secondary N) is 1. The van der Waals surface area contributed by atoms with Gasteiger partial charge in [-0.25, -0.2) is 9.59 Å². The van der Waals surface area contributed by atoms with Crippen molar-refractivity contribution in [2.24, 2.45) is 0 Å². The minimum Gasteiger partial charge on any atom is -0.478 e. The van der Waals surface area contributed by atoms with Crippen LogP contribution in [-0.2, 0) is 33.5 Å². The fraction of sp³-hybridized carbons (Fsp3) is 0.188. The van der Waals surface area contributed by atoms with Crippen LogP contribution in [0.3, 0.4) is 0 Å². The second-order valence-electron chi connectivity index (χ2n) is 9.40. The molecule has 4 rings (SSSR count). The van der Waals surface area contributed by atoms with Gasteiger partial charge < -0.3 is 20.3 Å². The van der Waals surface area contributed by atoms with Crippen molar-refractivity contribution in [3.8, 4) is 11.1 Å². The summed E-state index contributed by atoms with van der Waals surface area (Å²) in [6, 6.07) is 34.3. The van der Waals surface area contributed by atoms with Gasteiger partial charge in [-0.05, 0) is 34.2 Å². The lowest BCUT2D eigenvalue weighted by Gasteiger charge is -2.20. The Hall–Kier alpha value is -4.32. The molecule has 0 saturated carbocycles. The first-order valence-electron chi connectivity index (χ1n) is 12.9. The fourth-order valence-corrected chi connectivity index (χ4v) is 5.86. The number of hydrogen-bond donors (Lipinski definition) is 3. The van der Waals surface area contributed by atoms with Crippen LogP contribution in [0.2, 0.25) is 0 Å². The normalized spacial score (nSPS) is 13.5. The second kappa shape index (κ2) is 14.2. The minimum atomic E-state index is -2.70. The number of hydrogen-bond acceptors (Lipinski definition) is 5. The highest BCUT2D eigenvalue weighted by Crippen LogP contribution is 2.38. The number of carboxylic acids is 1. The number of ether oxygens (including phenoxy) is 1. The third-order valence-electron chi connectivity index (χ3n) is 6.52. The highest BCUT2D eigenvalue weighted by Gasteiger charge is 2.47. The average Bonchev–Trinajstić information content (AvgIpc) is 2.99. The summed E-state index contributed by atoms with van der Waals surface area (Å²) in [4.78, 5) is 24.8. The quantitative estimate of drug-likeness (QED) is 0.184. The van der Waals surface area contributed by atoms with Crippen LogP contribution in [0.4, 0.5) is 4.79 Å². The van der Waals surface area contributed by atoms with Crippen molar-refractivity contribution in [3.63, 3.8) is 0 Å². The van der Waals surface area contributed by atoms with Gasteiger partial charge in [-0.15, -0.1) is 0 Å². The van der Waals surface area contributed by atoms with Crippen LogP contribution < -0.4 is 5.32 Å². The van der Waals surface area contributed by atoms with Crippen LogP contribution in [0, 0.1) is 0 Å². The minimum absolute atomic E-state index is 0.0175. The zero-order chi connectivity index (χ0) is 28.3. The van der Waals surface area contributed by atoms with E-state index in [1.807, 2.05) is 103 Å². The number of aliphatic carboxylic acids is 1. The van der Waals surface area contributed by atoms with Gasteiger partial charge in [0, 0.05) is 6.42 Å². The van der Waals surface area contributed by atoms with Gasteiger partial charge in [-0.3, -0.25) is 0 Å². The van der Waals surface area contributed by atoms with E-state index in [-0.39, 0.29) is 19.4 Å². The van der Waals surface area contributed by atoms with Gasteiger partial charge in [0.1, 0.15) is 12.6 Å². The summed E-state index contributed by atoms with van der Waals surface area (Å²) in [6.45, 7) is 0.0175. The Bertz CT molecular complexity index is 1400. The molecule has 204 valence electrons. The zero-order valence-corrected chi connectivity index (χ0v) is 22.7. The second-order valence-corrected chi connectivity index (χ2v) is 11.3. The molecule has 8 heteroatoms. The van der Waals surface area contributed by atoms with Gasteiger partial charge in [0.05, 0.1) is 0 Å². The highest BCUT2D eigenvalue weighted by atomic mass is 31.1. The van der Waals surface area contributed by atoms with Gasteiger partial charge in [0.25, 0.3) is 11.5 Å². The summed E-state index contributed by atoms with van der Waals surface area (Å²) in [5.41, 5.74) is 2.89. The number of carbonyl (C=O) groups excluding carboxylic acids is 1. The molecule has 0 fully saturated rings. The van der Waals surface area contributed by atoms with Crippen LogP contribution in [0.5, 0.6) is 0 Å². The van der Waals surface area contributed by atoms with Crippen molar-refractivity contribution in [1.29, 1.82) is 0 Å². The van der Waals surface area contributed by atoms with E-state index in [0.29, 0.717) is 5.56 Å². The van der Waals surface area contributed by atoms with Crippen molar-refractivity contribution in [1.82, 2.24) is 5.32 Å². The molecule has 1 amide bonds. The van der Waals surface area contributed by atoms with E-state index in [1.54, 1.807) is 12.1 Å². The number of rotatable bonds is 12. The number of carboxylic acid groups (broad SMARTS) is 1. The van der Waals surface area contributed by atoms with Crippen LogP contribution in [0.15, 0.2) is 115 Å². The fourth-order valence-electron chi connectivity index (χ4n) is 4.35. The predicted molar refractivity (Wildman–Crippen MR) is 154 cm³/mol. The molecule has 0 aliphatic heterocycles. The van der Waals surface area contributed by atoms with Gasteiger partial charge in [0.15, 0.2) is 0 Å². The summed E-state index contributed by atoms with van der Waals surface area (Å²) in [7, 11) is -2.70. The Labute approximate surface area is 234 Å². The van der Waals surface area contributed by atoms with Crippen molar-refractivity contribution in [2.75, 3.05) is 0 Å². The first-order valence-corrected chi connectivity index (χ1v) is 14.3. The van der Waals surface area contributed by atoms with Crippen LogP contribution in [0.1, 0.15) is 16.7 Å². The van der Waals surface area contributed by atoms with Crippen molar-refractivity contribution < 1.29 is 29.1 Å². The van der Waals surface area contributed by atoms with Gasteiger partial charge in [-0.2, -0.15) is 0 Å². The Morgan fingerprint density at radius 1 is 0.700 bits per heavy atom. The van der Waals surface area contributed by atoms with E-state index in [9.17, 15) is 24.4 Å². The van der Waals surface area contributed by atoms with E-state index < -0.39 is 37.4 Å². The number of aliphatic hydroxyl groups is 1. The Morgan fingerprint density at radius 3 is 1.77 bits per heavy atom. The number of carbonyl (C=O) groups is 2. The molecule has 0 aliphatic carbocycles. The lowest BCUT2D eigenvalue weighted by atomic mass is 10.0. The lowest BCUT2D eigenvalue weighted by Crippen LogP contribution is -2.45. The zero-order valence-electron chi connectivity index (χ0n) is 21.8. The van der Waals surface area contributed by atoms with Gasteiger partial charge in [0.2, 0.25) is 0 Å². The number of alkyl carbamates (subject to hydrolysis) is 1. The van der Waals surface area contributed by atoms with Crippen molar-refractivity contribution >= 4 is 19.9 Å². The molecule has 0 spiro atoms.